The largest absolute Gasteiger partial charge is 0.320 e. The van der Waals surface area contributed by atoms with E-state index in [-0.39, 0.29) is 25.5 Å². The molecule has 0 saturated carbocycles. The van der Waals surface area contributed by atoms with E-state index >= 15 is 0 Å². The summed E-state index contributed by atoms with van der Waals surface area (Å²) in [6, 6.07) is 12.0. The number of fused-ring (bicyclic) bond motifs is 2. The molecule has 2 heterocycles. The zero-order chi connectivity index (χ0) is 12.3. The van der Waals surface area contributed by atoms with Crippen molar-refractivity contribution in [1.29, 1.82) is 0 Å². The van der Waals surface area contributed by atoms with Crippen molar-refractivity contribution in [1.82, 2.24) is 4.98 Å². The molecule has 1 radical (unpaired) electrons. The molecule has 0 unspecified atom stereocenters. The van der Waals surface area contributed by atoms with Crippen molar-refractivity contribution >= 4 is 22.1 Å². The van der Waals surface area contributed by atoms with Crippen molar-refractivity contribution in [2.75, 3.05) is 0 Å². The molecule has 2 aromatic heterocycles. The van der Waals surface area contributed by atoms with Crippen LogP contribution in [0.25, 0.3) is 22.0 Å². The van der Waals surface area contributed by atoms with Gasteiger partial charge in [-0.15, -0.1) is 0 Å². The van der Waals surface area contributed by atoms with Crippen LogP contribution in [0.1, 0.15) is 24.3 Å². The average molecular weight is 443 g/mol. The number of nitrogens with zero attached hydrogens (tertiary/aromatic N) is 1. The second-order valence-corrected chi connectivity index (χ2v) is 6.15. The Labute approximate surface area is 130 Å². The van der Waals surface area contributed by atoms with Crippen molar-refractivity contribution in [3.8, 4) is 11.3 Å². The first kappa shape index (κ1) is 13.0. The monoisotopic (exact) mass is 443 g/mol. The van der Waals surface area contributed by atoms with E-state index in [1.807, 2.05) is 6.20 Å². The van der Waals surface area contributed by atoms with Gasteiger partial charge in [0.25, 0.3) is 0 Å². The number of hydrogen-bond acceptors (Lipinski definition) is 2. The summed E-state index contributed by atoms with van der Waals surface area (Å²) < 4.78 is 0. The van der Waals surface area contributed by atoms with Gasteiger partial charge in [-0.3, -0.25) is 0 Å². The molecule has 3 aromatic rings. The maximum atomic E-state index is 4.59. The first-order valence-corrected chi connectivity index (χ1v) is 6.96. The summed E-state index contributed by atoms with van der Waals surface area (Å²) in [7, 11) is 0. The molecular formula is C16H12IrNS-. The summed E-state index contributed by atoms with van der Waals surface area (Å²) in [5, 5.41) is 4.63. The van der Waals surface area contributed by atoms with Gasteiger partial charge in [-0.2, -0.15) is 11.6 Å². The molecule has 1 aliphatic carbocycles. The fourth-order valence-corrected chi connectivity index (χ4v) is 3.94. The molecule has 0 atom stereocenters. The van der Waals surface area contributed by atoms with Crippen LogP contribution in [0.3, 0.4) is 0 Å². The van der Waals surface area contributed by atoms with Crippen LogP contribution >= 0.6 is 11.3 Å². The Kier molecular flexibility index (Phi) is 2.90. The van der Waals surface area contributed by atoms with Crippen LogP contribution < -0.4 is 0 Å². The smallest absolute Gasteiger partial charge is 0.0130 e. The Morgan fingerprint density at radius 1 is 1.21 bits per heavy atom. The summed E-state index contributed by atoms with van der Waals surface area (Å²) in [6.45, 7) is 4.59. The molecule has 0 spiro atoms. The first-order valence-electron chi connectivity index (χ1n) is 6.08. The van der Waals surface area contributed by atoms with E-state index in [1.165, 1.54) is 26.8 Å². The molecule has 0 saturated heterocycles. The standard InChI is InChI=1S/C16H12NS.Ir/c1-16(2)12-5-3-4-10-6-8-17-14(13(10)12)11-7-9-18-15(11)16;/h3-6,8-9H,1-2H3;/q-1;. The molecule has 97 valence electrons. The van der Waals surface area contributed by atoms with Crippen molar-refractivity contribution in [2.45, 2.75) is 19.3 Å². The topological polar surface area (TPSA) is 12.9 Å². The summed E-state index contributed by atoms with van der Waals surface area (Å²) >= 11 is 1.78. The van der Waals surface area contributed by atoms with Gasteiger partial charge in [0.1, 0.15) is 0 Å². The van der Waals surface area contributed by atoms with Crippen LogP contribution in [0.15, 0.2) is 35.8 Å². The summed E-state index contributed by atoms with van der Waals surface area (Å²) in [4.78, 5) is 5.97. The fraction of sp³-hybridized carbons (Fsp3) is 0.188. The Morgan fingerprint density at radius 3 is 2.89 bits per heavy atom. The van der Waals surface area contributed by atoms with Gasteiger partial charge in [-0.25, -0.2) is 11.3 Å². The first-order chi connectivity index (χ1) is 8.69. The van der Waals surface area contributed by atoms with E-state index in [1.54, 1.807) is 11.3 Å². The van der Waals surface area contributed by atoms with Gasteiger partial charge in [0.05, 0.1) is 0 Å². The summed E-state index contributed by atoms with van der Waals surface area (Å²) in [5.74, 6) is 0. The molecule has 0 amide bonds. The SMILES string of the molecule is CC1(C)c2sc[c-]c2-c2nccc3cccc1c23.[Ir]. The summed E-state index contributed by atoms with van der Waals surface area (Å²) in [5.41, 5.74) is 3.72. The van der Waals surface area contributed by atoms with Gasteiger partial charge in [0.15, 0.2) is 0 Å². The minimum atomic E-state index is 0. The number of aromatic nitrogens is 1. The molecule has 1 nitrogen and oxygen atoms in total. The molecular weight excluding hydrogens is 430 g/mol. The Balaban J connectivity index is 0.00000110. The molecule has 1 aliphatic rings. The van der Waals surface area contributed by atoms with E-state index in [2.05, 4.69) is 54.5 Å². The van der Waals surface area contributed by atoms with E-state index in [0.717, 1.165) is 5.69 Å². The van der Waals surface area contributed by atoms with Gasteiger partial charge in [-0.1, -0.05) is 47.9 Å². The molecule has 19 heavy (non-hydrogen) atoms. The number of pyridine rings is 1. The minimum absolute atomic E-state index is 0. The van der Waals surface area contributed by atoms with Crippen LogP contribution in [-0.4, -0.2) is 4.98 Å². The van der Waals surface area contributed by atoms with E-state index < -0.39 is 0 Å². The van der Waals surface area contributed by atoms with Gasteiger partial charge >= 0.3 is 0 Å². The third-order valence-corrected chi connectivity index (χ3v) is 5.06. The van der Waals surface area contributed by atoms with Crippen molar-refractivity contribution in [3.05, 3.63) is 52.3 Å². The third kappa shape index (κ3) is 1.59. The second-order valence-electron chi connectivity index (χ2n) is 5.27. The zero-order valence-electron chi connectivity index (χ0n) is 10.7. The van der Waals surface area contributed by atoms with Gasteiger partial charge in [-0.05, 0) is 27.9 Å². The second kappa shape index (κ2) is 4.24. The van der Waals surface area contributed by atoms with Gasteiger partial charge in [0, 0.05) is 26.3 Å². The van der Waals surface area contributed by atoms with E-state index in [0.29, 0.717) is 0 Å². The van der Waals surface area contributed by atoms with Gasteiger partial charge in [0.2, 0.25) is 0 Å². The molecule has 1 aromatic carbocycles. The van der Waals surface area contributed by atoms with Crippen LogP contribution in [-0.2, 0) is 25.5 Å². The van der Waals surface area contributed by atoms with E-state index in [4.69, 9.17) is 0 Å². The quantitative estimate of drug-likeness (QED) is 0.471. The minimum Gasteiger partial charge on any atom is -0.320 e. The van der Waals surface area contributed by atoms with E-state index in [9.17, 15) is 0 Å². The van der Waals surface area contributed by atoms with Crippen molar-refractivity contribution in [2.24, 2.45) is 0 Å². The zero-order valence-corrected chi connectivity index (χ0v) is 13.9. The fourth-order valence-electron chi connectivity index (χ4n) is 2.97. The average Bonchev–Trinajstić information content (AvgIpc) is 2.86. The molecule has 3 heteroatoms. The molecule has 0 N–H and O–H groups in total. The third-order valence-electron chi connectivity index (χ3n) is 3.88. The normalized spacial score (nSPS) is 14.8. The van der Waals surface area contributed by atoms with Crippen LogP contribution in [0.2, 0.25) is 0 Å². The van der Waals surface area contributed by atoms with Crippen LogP contribution in [0.4, 0.5) is 0 Å². The predicted octanol–water partition coefficient (Wildman–Crippen LogP) is 4.40. The Hall–Kier alpha value is -1.02. The van der Waals surface area contributed by atoms with Crippen molar-refractivity contribution in [3.63, 3.8) is 0 Å². The molecule has 0 fully saturated rings. The maximum Gasteiger partial charge on any atom is 0.0130 e. The summed E-state index contributed by atoms with van der Waals surface area (Å²) in [6.07, 6.45) is 1.90. The Morgan fingerprint density at radius 2 is 2.05 bits per heavy atom. The van der Waals surface area contributed by atoms with Crippen LogP contribution in [0.5, 0.6) is 0 Å². The number of rotatable bonds is 0. The number of hydrogen-bond donors (Lipinski definition) is 0. The Bertz CT molecular complexity index is 768. The maximum absolute atomic E-state index is 4.59. The number of benzene rings is 1. The van der Waals surface area contributed by atoms with Crippen LogP contribution in [0, 0.1) is 6.07 Å². The predicted molar refractivity (Wildman–Crippen MR) is 76.0 cm³/mol. The number of thiophene rings is 1. The van der Waals surface area contributed by atoms with Crippen molar-refractivity contribution < 1.29 is 20.1 Å². The van der Waals surface area contributed by atoms with Gasteiger partial charge < -0.3 is 4.98 Å². The molecule has 0 bridgehead atoms. The molecule has 0 aliphatic heterocycles. The molecule has 4 rings (SSSR count).